The van der Waals surface area contributed by atoms with Crippen molar-refractivity contribution in [3.8, 4) is 0 Å². The average Bonchev–Trinajstić information content (AvgIpc) is 2.97. The Bertz CT molecular complexity index is 336. The number of aryl methyl sites for hydroxylation is 1. The van der Waals surface area contributed by atoms with Crippen LogP contribution in [0.25, 0.3) is 0 Å². The predicted molar refractivity (Wildman–Crippen MR) is 80.5 cm³/mol. The molecule has 1 aromatic heterocycles. The summed E-state index contributed by atoms with van der Waals surface area (Å²) in [4.78, 5) is 18.3. The van der Waals surface area contributed by atoms with Crippen molar-refractivity contribution in [1.29, 1.82) is 0 Å². The minimum atomic E-state index is -0.0819. The normalized spacial score (nSPS) is 10.7. The van der Waals surface area contributed by atoms with Gasteiger partial charge in [-0.25, -0.2) is 4.98 Å². The molecule has 1 N–H and O–H groups in total. The number of carbonyl (C=O) groups excluding carboxylic acids is 1. The number of hydrogen-bond donors (Lipinski definition) is 1. The third kappa shape index (κ3) is 8.73. The molecule has 0 spiro atoms. The molecule has 1 heterocycles. The zero-order valence-electron chi connectivity index (χ0n) is 12.7. The summed E-state index contributed by atoms with van der Waals surface area (Å²) in [6, 6.07) is 0. The third-order valence-electron chi connectivity index (χ3n) is 3.58. The number of nitrogens with one attached hydrogen (secondary N) is 1. The molecule has 0 bridgehead atoms. The highest BCUT2D eigenvalue weighted by atomic mass is 16.5. The maximum Gasteiger partial charge on any atom is 0.305 e. The number of imidazole rings is 1. The van der Waals surface area contributed by atoms with Crippen LogP contribution in [-0.4, -0.2) is 23.0 Å². The molecule has 4 nitrogen and oxygen atoms in total. The molecule has 0 aliphatic carbocycles. The first-order valence-corrected chi connectivity index (χ1v) is 7.88. The number of aromatic nitrogens is 2. The quantitative estimate of drug-likeness (QED) is 0.464. The number of esters is 1. The number of H-pyrrole nitrogens is 1. The van der Waals surface area contributed by atoms with Gasteiger partial charge < -0.3 is 9.72 Å². The van der Waals surface area contributed by atoms with Gasteiger partial charge >= 0.3 is 5.97 Å². The van der Waals surface area contributed by atoms with Crippen LogP contribution in [0, 0.1) is 0 Å². The second-order valence-corrected chi connectivity index (χ2v) is 5.29. The molecule has 0 aliphatic heterocycles. The predicted octanol–water partition coefficient (Wildman–Crippen LogP) is 4.03. The molecule has 1 aromatic rings. The summed E-state index contributed by atoms with van der Waals surface area (Å²) in [5.41, 5.74) is 0. The maximum absolute atomic E-state index is 10.9. The van der Waals surface area contributed by atoms with E-state index in [9.17, 15) is 4.79 Å². The number of methoxy groups -OCH3 is 1. The number of carbonyl (C=O) groups is 1. The molecular weight excluding hydrogens is 252 g/mol. The lowest BCUT2D eigenvalue weighted by Crippen LogP contribution is -1.99. The van der Waals surface area contributed by atoms with Crippen molar-refractivity contribution in [2.45, 2.75) is 70.6 Å². The van der Waals surface area contributed by atoms with E-state index in [0.29, 0.717) is 6.42 Å². The van der Waals surface area contributed by atoms with Gasteiger partial charge in [-0.3, -0.25) is 4.79 Å². The SMILES string of the molecule is COC(=O)CCCCCCCCCCCc1ncc[nH]1. The zero-order valence-corrected chi connectivity index (χ0v) is 12.7. The first-order valence-electron chi connectivity index (χ1n) is 7.88. The average molecular weight is 280 g/mol. The number of ether oxygens (including phenoxy) is 1. The lowest BCUT2D eigenvalue weighted by Gasteiger charge is -2.02. The second kappa shape index (κ2) is 11.5. The van der Waals surface area contributed by atoms with E-state index in [1.807, 2.05) is 12.4 Å². The summed E-state index contributed by atoms with van der Waals surface area (Å²) >= 11 is 0. The summed E-state index contributed by atoms with van der Waals surface area (Å²) in [7, 11) is 1.45. The van der Waals surface area contributed by atoms with Gasteiger partial charge in [-0.15, -0.1) is 0 Å². The van der Waals surface area contributed by atoms with Gasteiger partial charge in [-0.1, -0.05) is 44.9 Å². The van der Waals surface area contributed by atoms with Crippen LogP contribution in [0.1, 0.15) is 70.0 Å². The highest BCUT2D eigenvalue weighted by molar-refractivity contribution is 5.68. The van der Waals surface area contributed by atoms with E-state index >= 15 is 0 Å². The van der Waals surface area contributed by atoms with E-state index in [2.05, 4.69) is 14.7 Å². The van der Waals surface area contributed by atoms with Crippen LogP contribution in [0.4, 0.5) is 0 Å². The van der Waals surface area contributed by atoms with E-state index < -0.39 is 0 Å². The third-order valence-corrected chi connectivity index (χ3v) is 3.58. The molecule has 0 atom stereocenters. The lowest BCUT2D eigenvalue weighted by atomic mass is 10.1. The molecule has 0 saturated heterocycles. The summed E-state index contributed by atoms with van der Waals surface area (Å²) < 4.78 is 4.61. The molecule has 20 heavy (non-hydrogen) atoms. The van der Waals surface area contributed by atoms with Gasteiger partial charge in [0.15, 0.2) is 0 Å². The number of hydrogen-bond acceptors (Lipinski definition) is 3. The maximum atomic E-state index is 10.9. The van der Waals surface area contributed by atoms with E-state index in [4.69, 9.17) is 0 Å². The molecule has 0 aliphatic rings. The molecule has 114 valence electrons. The monoisotopic (exact) mass is 280 g/mol. The summed E-state index contributed by atoms with van der Waals surface area (Å²) in [6.07, 6.45) is 16.5. The van der Waals surface area contributed by atoms with Crippen LogP contribution >= 0.6 is 0 Å². The minimum absolute atomic E-state index is 0.0819. The van der Waals surface area contributed by atoms with Gasteiger partial charge in [0.25, 0.3) is 0 Å². The van der Waals surface area contributed by atoms with Crippen LogP contribution in [0.15, 0.2) is 12.4 Å². The Balaban J connectivity index is 1.75. The fourth-order valence-corrected chi connectivity index (χ4v) is 2.34. The first-order chi connectivity index (χ1) is 9.83. The molecule has 4 heteroatoms. The Hall–Kier alpha value is -1.32. The molecule has 0 fully saturated rings. The Labute approximate surface area is 122 Å². The van der Waals surface area contributed by atoms with Crippen LogP contribution in [0.2, 0.25) is 0 Å². The van der Waals surface area contributed by atoms with E-state index in [-0.39, 0.29) is 5.97 Å². The molecule has 1 rings (SSSR count). The molecule has 0 unspecified atom stereocenters. The van der Waals surface area contributed by atoms with Crippen molar-refractivity contribution in [3.05, 3.63) is 18.2 Å². The van der Waals surface area contributed by atoms with Gasteiger partial charge in [0.05, 0.1) is 7.11 Å². The van der Waals surface area contributed by atoms with Crippen LogP contribution in [0.5, 0.6) is 0 Å². The van der Waals surface area contributed by atoms with E-state index in [1.54, 1.807) is 0 Å². The number of aromatic amines is 1. The van der Waals surface area contributed by atoms with Gasteiger partial charge in [0, 0.05) is 25.2 Å². The zero-order chi connectivity index (χ0) is 14.5. The summed E-state index contributed by atoms with van der Waals surface area (Å²) in [6.45, 7) is 0. The van der Waals surface area contributed by atoms with Gasteiger partial charge in [-0.05, 0) is 12.8 Å². The van der Waals surface area contributed by atoms with Crippen molar-refractivity contribution in [3.63, 3.8) is 0 Å². The Morgan fingerprint density at radius 3 is 2.20 bits per heavy atom. The largest absolute Gasteiger partial charge is 0.469 e. The highest BCUT2D eigenvalue weighted by Gasteiger charge is 1.99. The Morgan fingerprint density at radius 1 is 1.05 bits per heavy atom. The number of unbranched alkanes of at least 4 members (excludes halogenated alkanes) is 8. The molecule has 0 saturated carbocycles. The van der Waals surface area contributed by atoms with Gasteiger partial charge in [-0.2, -0.15) is 0 Å². The van der Waals surface area contributed by atoms with Crippen molar-refractivity contribution in [2.24, 2.45) is 0 Å². The summed E-state index contributed by atoms with van der Waals surface area (Å²) in [5, 5.41) is 0. The second-order valence-electron chi connectivity index (χ2n) is 5.29. The summed E-state index contributed by atoms with van der Waals surface area (Å²) in [5.74, 6) is 1.03. The Morgan fingerprint density at radius 2 is 1.65 bits per heavy atom. The minimum Gasteiger partial charge on any atom is -0.469 e. The highest BCUT2D eigenvalue weighted by Crippen LogP contribution is 2.11. The molecular formula is C16H28N2O2. The van der Waals surface area contributed by atoms with Gasteiger partial charge in [0.2, 0.25) is 0 Å². The van der Waals surface area contributed by atoms with Crippen molar-refractivity contribution >= 4 is 5.97 Å². The van der Waals surface area contributed by atoms with Crippen LogP contribution < -0.4 is 0 Å². The first kappa shape index (κ1) is 16.7. The van der Waals surface area contributed by atoms with Gasteiger partial charge in [0.1, 0.15) is 5.82 Å². The fourth-order valence-electron chi connectivity index (χ4n) is 2.34. The van der Waals surface area contributed by atoms with Crippen molar-refractivity contribution < 1.29 is 9.53 Å². The van der Waals surface area contributed by atoms with Crippen molar-refractivity contribution in [1.82, 2.24) is 9.97 Å². The van der Waals surface area contributed by atoms with Crippen LogP contribution in [0.3, 0.4) is 0 Å². The molecule has 0 amide bonds. The standard InChI is InChI=1S/C16H28N2O2/c1-20-16(19)12-10-8-6-4-2-3-5-7-9-11-15-17-13-14-18-15/h13-14H,2-12H2,1H3,(H,17,18). The van der Waals surface area contributed by atoms with E-state index in [1.165, 1.54) is 52.1 Å². The Kier molecular flexibility index (Phi) is 9.62. The lowest BCUT2D eigenvalue weighted by molar-refractivity contribution is -0.140. The fraction of sp³-hybridized carbons (Fsp3) is 0.750. The smallest absolute Gasteiger partial charge is 0.305 e. The molecule has 0 aromatic carbocycles. The van der Waals surface area contributed by atoms with E-state index in [0.717, 1.165) is 25.1 Å². The molecule has 0 radical (unpaired) electrons. The topological polar surface area (TPSA) is 55.0 Å². The number of rotatable bonds is 12. The number of nitrogens with zero attached hydrogens (tertiary/aromatic N) is 1. The van der Waals surface area contributed by atoms with Crippen molar-refractivity contribution in [2.75, 3.05) is 7.11 Å². The van der Waals surface area contributed by atoms with Crippen LogP contribution in [-0.2, 0) is 16.0 Å².